The number of nitriles is 1. The lowest BCUT2D eigenvalue weighted by Gasteiger charge is -2.16. The highest BCUT2D eigenvalue weighted by Gasteiger charge is 2.16. The van der Waals surface area contributed by atoms with Crippen molar-refractivity contribution in [2.45, 2.75) is 41.0 Å². The zero-order valence-electron chi connectivity index (χ0n) is 15.1. The van der Waals surface area contributed by atoms with Gasteiger partial charge in [0.15, 0.2) is 5.57 Å². The summed E-state index contributed by atoms with van der Waals surface area (Å²) in [4.78, 5) is 18.0. The Hall–Kier alpha value is -2.36. The number of allylic oxidation sites excluding steroid dienone is 1. The highest BCUT2D eigenvalue weighted by molar-refractivity contribution is 5.94. The van der Waals surface area contributed by atoms with Crippen LogP contribution in [-0.4, -0.2) is 43.2 Å². The Kier molecular flexibility index (Phi) is 9.31. The van der Waals surface area contributed by atoms with E-state index in [1.165, 1.54) is 0 Å². The van der Waals surface area contributed by atoms with Crippen molar-refractivity contribution >= 4 is 17.6 Å². The molecule has 0 aromatic heterocycles. The summed E-state index contributed by atoms with van der Waals surface area (Å²) in [5.41, 5.74) is 4.08. The molecule has 0 bridgehead atoms. The number of esters is 1. The lowest BCUT2D eigenvalue weighted by molar-refractivity contribution is -0.138. The van der Waals surface area contributed by atoms with E-state index >= 15 is 0 Å². The van der Waals surface area contributed by atoms with Crippen LogP contribution < -0.4 is 5.43 Å². The molecule has 0 saturated carbocycles. The molecule has 0 saturated heterocycles. The number of guanidine groups is 1. The molecule has 0 aliphatic rings. The van der Waals surface area contributed by atoms with Crippen molar-refractivity contribution in [2.24, 2.45) is 16.0 Å². The molecule has 0 aliphatic heterocycles. The number of hydrazone groups is 1. The normalized spacial score (nSPS) is 13.3. The van der Waals surface area contributed by atoms with Crippen molar-refractivity contribution < 1.29 is 9.53 Å². The predicted octanol–water partition coefficient (Wildman–Crippen LogP) is 2.28. The van der Waals surface area contributed by atoms with Gasteiger partial charge in [0.05, 0.1) is 12.3 Å². The van der Waals surface area contributed by atoms with Gasteiger partial charge in [0, 0.05) is 19.8 Å². The first-order valence-electron chi connectivity index (χ1n) is 7.64. The first kappa shape index (κ1) is 20.6. The summed E-state index contributed by atoms with van der Waals surface area (Å²) in [5.74, 6) is 0.0933. The summed E-state index contributed by atoms with van der Waals surface area (Å²) < 4.78 is 4.90. The van der Waals surface area contributed by atoms with Crippen LogP contribution in [0.4, 0.5) is 0 Å². The SMILES string of the molecule is CCOC(=O)/C(C#N)=C(\CC)N=C(N/N=C(\C)C(C)C)N(C)C. The van der Waals surface area contributed by atoms with Gasteiger partial charge in [-0.15, -0.1) is 0 Å². The molecular weight excluding hydrogens is 294 g/mol. The van der Waals surface area contributed by atoms with Crippen molar-refractivity contribution in [2.75, 3.05) is 20.7 Å². The summed E-state index contributed by atoms with van der Waals surface area (Å²) >= 11 is 0. The Labute approximate surface area is 138 Å². The number of nitrogens with zero attached hydrogens (tertiary/aromatic N) is 4. The molecule has 0 radical (unpaired) electrons. The minimum absolute atomic E-state index is 0.0833. The third-order valence-electron chi connectivity index (χ3n) is 3.05. The largest absolute Gasteiger partial charge is 0.462 e. The monoisotopic (exact) mass is 321 g/mol. The van der Waals surface area contributed by atoms with Gasteiger partial charge >= 0.3 is 5.97 Å². The third kappa shape index (κ3) is 6.96. The fraction of sp³-hybridized carbons (Fsp3) is 0.625. The number of ether oxygens (including phenoxy) is 1. The zero-order valence-corrected chi connectivity index (χ0v) is 15.1. The smallest absolute Gasteiger partial charge is 0.350 e. The first-order valence-corrected chi connectivity index (χ1v) is 7.64. The quantitative estimate of drug-likeness (QED) is 0.202. The fourth-order valence-corrected chi connectivity index (χ4v) is 1.36. The van der Waals surface area contributed by atoms with Gasteiger partial charge in [-0.2, -0.15) is 10.4 Å². The van der Waals surface area contributed by atoms with Gasteiger partial charge in [-0.1, -0.05) is 20.8 Å². The average Bonchev–Trinajstić information content (AvgIpc) is 2.49. The van der Waals surface area contributed by atoms with Gasteiger partial charge in [-0.25, -0.2) is 15.2 Å². The van der Waals surface area contributed by atoms with Crippen LogP contribution >= 0.6 is 0 Å². The molecule has 0 heterocycles. The average molecular weight is 321 g/mol. The molecule has 7 heteroatoms. The van der Waals surface area contributed by atoms with Crippen LogP contribution in [0.25, 0.3) is 0 Å². The molecule has 7 nitrogen and oxygen atoms in total. The van der Waals surface area contributed by atoms with Crippen LogP contribution in [0.2, 0.25) is 0 Å². The summed E-state index contributed by atoms with van der Waals surface area (Å²) in [6, 6.07) is 1.88. The van der Waals surface area contributed by atoms with E-state index in [4.69, 9.17) is 4.74 Å². The van der Waals surface area contributed by atoms with Crippen LogP contribution in [0.3, 0.4) is 0 Å². The minimum Gasteiger partial charge on any atom is -0.462 e. The minimum atomic E-state index is -0.657. The van der Waals surface area contributed by atoms with Crippen LogP contribution in [0, 0.1) is 17.2 Å². The van der Waals surface area contributed by atoms with E-state index in [2.05, 4.69) is 15.5 Å². The van der Waals surface area contributed by atoms with Gasteiger partial charge in [-0.05, 0) is 26.2 Å². The van der Waals surface area contributed by atoms with E-state index in [0.717, 1.165) is 5.71 Å². The van der Waals surface area contributed by atoms with Crippen molar-refractivity contribution in [1.29, 1.82) is 5.26 Å². The van der Waals surface area contributed by atoms with E-state index in [1.54, 1.807) is 25.9 Å². The number of nitrogens with one attached hydrogen (secondary N) is 1. The highest BCUT2D eigenvalue weighted by Crippen LogP contribution is 2.12. The van der Waals surface area contributed by atoms with E-state index in [9.17, 15) is 10.1 Å². The maximum absolute atomic E-state index is 11.8. The van der Waals surface area contributed by atoms with E-state index < -0.39 is 5.97 Å². The summed E-state index contributed by atoms with van der Waals surface area (Å²) in [7, 11) is 3.60. The summed E-state index contributed by atoms with van der Waals surface area (Å²) in [5, 5.41) is 13.5. The van der Waals surface area contributed by atoms with Gasteiger partial charge in [0.25, 0.3) is 0 Å². The maximum Gasteiger partial charge on any atom is 0.350 e. The summed E-state index contributed by atoms with van der Waals surface area (Å²) in [6.07, 6.45) is 0.424. The molecule has 23 heavy (non-hydrogen) atoms. The fourth-order valence-electron chi connectivity index (χ4n) is 1.36. The standard InChI is InChI=1S/C16H27N5O2/c1-8-14(13(10-17)15(22)23-9-2)18-16(21(6)7)20-19-12(5)11(3)4/h11H,8-9H2,1-7H3,(H,18,20)/b14-13+,19-12+. The van der Waals surface area contributed by atoms with E-state index in [1.807, 2.05) is 33.8 Å². The molecule has 0 rings (SSSR count). The number of hydrogen-bond donors (Lipinski definition) is 1. The molecule has 0 aliphatic carbocycles. The van der Waals surface area contributed by atoms with Gasteiger partial charge < -0.3 is 9.64 Å². The predicted molar refractivity (Wildman–Crippen MR) is 91.8 cm³/mol. The molecular formula is C16H27N5O2. The second kappa shape index (κ2) is 10.4. The number of hydrogen-bond acceptors (Lipinski definition) is 5. The van der Waals surface area contributed by atoms with Gasteiger partial charge in [0.2, 0.25) is 5.96 Å². The Morgan fingerprint density at radius 3 is 2.35 bits per heavy atom. The van der Waals surface area contributed by atoms with Crippen molar-refractivity contribution in [3.63, 3.8) is 0 Å². The van der Waals surface area contributed by atoms with Gasteiger partial charge in [-0.3, -0.25) is 0 Å². The molecule has 0 aromatic carbocycles. The highest BCUT2D eigenvalue weighted by atomic mass is 16.5. The molecule has 0 amide bonds. The van der Waals surface area contributed by atoms with Crippen LogP contribution in [-0.2, 0) is 9.53 Å². The molecule has 0 aromatic rings. The Balaban J connectivity index is 5.70. The topological polar surface area (TPSA) is 90.1 Å². The molecule has 0 unspecified atom stereocenters. The van der Waals surface area contributed by atoms with Crippen molar-refractivity contribution in [3.8, 4) is 6.07 Å². The van der Waals surface area contributed by atoms with E-state index in [-0.39, 0.29) is 12.2 Å². The Bertz CT molecular complexity index is 539. The Morgan fingerprint density at radius 1 is 1.35 bits per heavy atom. The van der Waals surface area contributed by atoms with Crippen LogP contribution in [0.1, 0.15) is 41.0 Å². The van der Waals surface area contributed by atoms with Gasteiger partial charge in [0.1, 0.15) is 6.07 Å². The van der Waals surface area contributed by atoms with Crippen molar-refractivity contribution in [1.82, 2.24) is 10.3 Å². The number of carbonyl (C=O) groups excluding carboxylic acids is 1. The third-order valence-corrected chi connectivity index (χ3v) is 3.05. The lowest BCUT2D eigenvalue weighted by atomic mass is 10.1. The second-order valence-corrected chi connectivity index (χ2v) is 5.36. The van der Waals surface area contributed by atoms with E-state index in [0.29, 0.717) is 24.0 Å². The maximum atomic E-state index is 11.8. The zero-order chi connectivity index (χ0) is 18.0. The first-order chi connectivity index (χ1) is 10.8. The number of rotatable bonds is 6. The molecule has 128 valence electrons. The molecule has 1 N–H and O–H groups in total. The van der Waals surface area contributed by atoms with Crippen molar-refractivity contribution in [3.05, 3.63) is 11.3 Å². The van der Waals surface area contributed by atoms with Crippen LogP contribution in [0.5, 0.6) is 0 Å². The number of aliphatic imine (C=N–C) groups is 1. The second-order valence-electron chi connectivity index (χ2n) is 5.36. The number of carbonyl (C=O) groups is 1. The summed E-state index contributed by atoms with van der Waals surface area (Å²) in [6.45, 7) is 9.73. The Morgan fingerprint density at radius 2 is 1.96 bits per heavy atom. The lowest BCUT2D eigenvalue weighted by Crippen LogP contribution is -2.34. The molecule has 0 spiro atoms. The molecule has 0 fully saturated rings. The molecule has 0 atom stereocenters. The van der Waals surface area contributed by atoms with Crippen LogP contribution in [0.15, 0.2) is 21.4 Å².